The highest BCUT2D eigenvalue weighted by atomic mass is 79.9. The summed E-state index contributed by atoms with van der Waals surface area (Å²) >= 11 is 6.84. The van der Waals surface area contributed by atoms with E-state index in [4.69, 9.17) is 5.73 Å². The topological polar surface area (TPSA) is 55.1 Å². The first kappa shape index (κ1) is 16.0. The monoisotopic (exact) mass is 410 g/mol. The zero-order valence-electron chi connectivity index (χ0n) is 11.6. The standard InChI is InChI=1S/C16H16Br2N2O/c1-2-16(15(19)21,11-6-8-12(17)9-7-11)20-14-5-3-4-13(18)10-14/h3-10,20H,2H2,1H3,(H2,19,21). The lowest BCUT2D eigenvalue weighted by molar-refractivity contribution is -0.122. The van der Waals surface area contributed by atoms with Gasteiger partial charge in [0.1, 0.15) is 5.54 Å². The molecule has 0 aliphatic carbocycles. The highest BCUT2D eigenvalue weighted by molar-refractivity contribution is 9.10. The van der Waals surface area contributed by atoms with Crippen LogP contribution in [0.1, 0.15) is 18.9 Å². The molecule has 0 spiro atoms. The zero-order chi connectivity index (χ0) is 15.5. The highest BCUT2D eigenvalue weighted by Gasteiger charge is 2.36. The van der Waals surface area contributed by atoms with E-state index in [1.54, 1.807) is 0 Å². The molecule has 0 aromatic heterocycles. The number of anilines is 1. The summed E-state index contributed by atoms with van der Waals surface area (Å²) < 4.78 is 1.90. The third-order valence-corrected chi connectivity index (χ3v) is 4.49. The predicted molar refractivity (Wildman–Crippen MR) is 93.1 cm³/mol. The normalized spacial score (nSPS) is 13.5. The Morgan fingerprint density at radius 1 is 1.14 bits per heavy atom. The molecule has 0 fully saturated rings. The number of carbonyl (C=O) groups excluding carboxylic acids is 1. The lowest BCUT2D eigenvalue weighted by Crippen LogP contribution is -2.47. The van der Waals surface area contributed by atoms with Gasteiger partial charge in [0, 0.05) is 14.6 Å². The molecule has 0 bridgehead atoms. The maximum Gasteiger partial charge on any atom is 0.247 e. The van der Waals surface area contributed by atoms with Crippen LogP contribution in [0.5, 0.6) is 0 Å². The molecule has 0 radical (unpaired) electrons. The molecular formula is C16H16Br2N2O. The van der Waals surface area contributed by atoms with Crippen LogP contribution >= 0.6 is 31.9 Å². The molecule has 110 valence electrons. The second-order valence-corrected chi connectivity index (χ2v) is 6.60. The van der Waals surface area contributed by atoms with Gasteiger partial charge in [-0.3, -0.25) is 4.79 Å². The first-order valence-electron chi connectivity index (χ1n) is 6.57. The van der Waals surface area contributed by atoms with E-state index in [2.05, 4.69) is 37.2 Å². The predicted octanol–water partition coefficient (Wildman–Crippen LogP) is 4.41. The van der Waals surface area contributed by atoms with Crippen LogP contribution in [0.3, 0.4) is 0 Å². The van der Waals surface area contributed by atoms with Gasteiger partial charge in [-0.25, -0.2) is 0 Å². The summed E-state index contributed by atoms with van der Waals surface area (Å²) in [5, 5.41) is 3.30. The number of amides is 1. The number of carbonyl (C=O) groups is 1. The van der Waals surface area contributed by atoms with E-state index >= 15 is 0 Å². The van der Waals surface area contributed by atoms with Crippen molar-refractivity contribution in [2.24, 2.45) is 5.73 Å². The lowest BCUT2D eigenvalue weighted by Gasteiger charge is -2.32. The van der Waals surface area contributed by atoms with E-state index in [1.807, 2.05) is 55.5 Å². The highest BCUT2D eigenvalue weighted by Crippen LogP contribution is 2.31. The number of nitrogens with one attached hydrogen (secondary N) is 1. The van der Waals surface area contributed by atoms with E-state index < -0.39 is 11.4 Å². The average Bonchev–Trinajstić information content (AvgIpc) is 2.45. The minimum Gasteiger partial charge on any atom is -0.368 e. The fourth-order valence-corrected chi connectivity index (χ4v) is 2.95. The van der Waals surface area contributed by atoms with Gasteiger partial charge < -0.3 is 11.1 Å². The van der Waals surface area contributed by atoms with Gasteiger partial charge in [0.25, 0.3) is 0 Å². The van der Waals surface area contributed by atoms with Crippen molar-refractivity contribution in [2.75, 3.05) is 5.32 Å². The molecule has 1 atom stereocenters. The Labute approximate surface area is 141 Å². The molecule has 2 rings (SSSR count). The fourth-order valence-electron chi connectivity index (χ4n) is 2.29. The average molecular weight is 412 g/mol. The van der Waals surface area contributed by atoms with Gasteiger partial charge >= 0.3 is 0 Å². The third-order valence-electron chi connectivity index (χ3n) is 3.47. The van der Waals surface area contributed by atoms with Gasteiger partial charge in [-0.15, -0.1) is 0 Å². The minimum atomic E-state index is -0.929. The minimum absolute atomic E-state index is 0.396. The molecule has 0 saturated carbocycles. The number of benzene rings is 2. The number of rotatable bonds is 5. The molecule has 0 heterocycles. The molecule has 0 aliphatic heterocycles. The van der Waals surface area contributed by atoms with E-state index in [0.717, 1.165) is 20.2 Å². The van der Waals surface area contributed by atoms with Gasteiger partial charge in [-0.05, 0) is 42.3 Å². The van der Waals surface area contributed by atoms with Gasteiger partial charge in [-0.1, -0.05) is 57.0 Å². The Bertz CT molecular complexity index is 643. The van der Waals surface area contributed by atoms with Crippen molar-refractivity contribution in [3.63, 3.8) is 0 Å². The summed E-state index contributed by atoms with van der Waals surface area (Å²) in [6.07, 6.45) is 0.552. The Balaban J connectivity index is 2.46. The molecule has 0 aliphatic rings. The van der Waals surface area contributed by atoms with Gasteiger partial charge in [-0.2, -0.15) is 0 Å². The van der Waals surface area contributed by atoms with Crippen molar-refractivity contribution in [1.82, 2.24) is 0 Å². The molecule has 2 aromatic carbocycles. The fraction of sp³-hybridized carbons (Fsp3) is 0.188. The van der Waals surface area contributed by atoms with Crippen molar-refractivity contribution in [3.8, 4) is 0 Å². The molecule has 3 nitrogen and oxygen atoms in total. The summed E-state index contributed by atoms with van der Waals surface area (Å²) in [6.45, 7) is 1.94. The molecule has 3 N–H and O–H groups in total. The van der Waals surface area contributed by atoms with Crippen LogP contribution in [0.25, 0.3) is 0 Å². The zero-order valence-corrected chi connectivity index (χ0v) is 14.7. The van der Waals surface area contributed by atoms with Crippen LogP contribution in [-0.4, -0.2) is 5.91 Å². The number of hydrogen-bond acceptors (Lipinski definition) is 2. The molecule has 2 aromatic rings. The number of primary amides is 1. The summed E-state index contributed by atoms with van der Waals surface area (Å²) in [5.41, 5.74) is 6.47. The number of hydrogen-bond donors (Lipinski definition) is 2. The molecule has 1 amide bonds. The van der Waals surface area contributed by atoms with Crippen molar-refractivity contribution in [2.45, 2.75) is 18.9 Å². The van der Waals surface area contributed by atoms with Crippen LogP contribution in [-0.2, 0) is 10.3 Å². The van der Waals surface area contributed by atoms with Crippen molar-refractivity contribution >= 4 is 43.5 Å². The molecule has 5 heteroatoms. The quantitative estimate of drug-likeness (QED) is 0.765. The van der Waals surface area contributed by atoms with Crippen LogP contribution in [0, 0.1) is 0 Å². The summed E-state index contributed by atoms with van der Waals surface area (Å²) in [5.74, 6) is -0.396. The van der Waals surface area contributed by atoms with Gasteiger partial charge in [0.15, 0.2) is 0 Å². The SMILES string of the molecule is CCC(Nc1cccc(Br)c1)(C(N)=O)c1ccc(Br)cc1. The second kappa shape index (κ2) is 6.62. The molecular weight excluding hydrogens is 396 g/mol. The van der Waals surface area contributed by atoms with E-state index in [9.17, 15) is 4.79 Å². The molecule has 1 unspecified atom stereocenters. The first-order valence-corrected chi connectivity index (χ1v) is 8.16. The summed E-state index contributed by atoms with van der Waals surface area (Å²) in [6, 6.07) is 15.3. The van der Waals surface area contributed by atoms with E-state index in [0.29, 0.717) is 6.42 Å². The van der Waals surface area contributed by atoms with Gasteiger partial charge in [0.2, 0.25) is 5.91 Å². The number of nitrogens with two attached hydrogens (primary N) is 1. The number of halogens is 2. The Kier molecular flexibility index (Phi) is 5.06. The Hall–Kier alpha value is -1.33. The maximum atomic E-state index is 12.2. The Morgan fingerprint density at radius 2 is 1.81 bits per heavy atom. The lowest BCUT2D eigenvalue weighted by atomic mass is 9.86. The van der Waals surface area contributed by atoms with Gasteiger partial charge in [0.05, 0.1) is 0 Å². The molecule has 21 heavy (non-hydrogen) atoms. The van der Waals surface area contributed by atoms with Crippen LogP contribution in [0.2, 0.25) is 0 Å². The maximum absolute atomic E-state index is 12.2. The first-order chi connectivity index (χ1) is 9.98. The molecule has 0 saturated heterocycles. The van der Waals surface area contributed by atoms with Crippen LogP contribution < -0.4 is 11.1 Å². The second-order valence-electron chi connectivity index (χ2n) is 4.77. The van der Waals surface area contributed by atoms with E-state index in [1.165, 1.54) is 0 Å². The van der Waals surface area contributed by atoms with Crippen molar-refractivity contribution in [1.29, 1.82) is 0 Å². The Morgan fingerprint density at radius 3 is 2.33 bits per heavy atom. The van der Waals surface area contributed by atoms with E-state index in [-0.39, 0.29) is 0 Å². The van der Waals surface area contributed by atoms with Crippen molar-refractivity contribution < 1.29 is 4.79 Å². The summed E-state index contributed by atoms with van der Waals surface area (Å²) in [4.78, 5) is 12.2. The smallest absolute Gasteiger partial charge is 0.247 e. The third kappa shape index (κ3) is 3.47. The van der Waals surface area contributed by atoms with Crippen LogP contribution in [0.4, 0.5) is 5.69 Å². The van der Waals surface area contributed by atoms with Crippen molar-refractivity contribution in [3.05, 3.63) is 63.0 Å². The summed E-state index contributed by atoms with van der Waals surface area (Å²) in [7, 11) is 0. The van der Waals surface area contributed by atoms with Crippen LogP contribution in [0.15, 0.2) is 57.5 Å². The largest absolute Gasteiger partial charge is 0.368 e.